The molecule has 4 nitrogen and oxygen atoms in total. The van der Waals surface area contributed by atoms with Gasteiger partial charge in [0.05, 0.1) is 12.2 Å². The molecule has 1 rings (SSSR count). The lowest BCUT2D eigenvalue weighted by Crippen LogP contribution is -2.17. The first-order valence-corrected chi connectivity index (χ1v) is 6.62. The summed E-state index contributed by atoms with van der Waals surface area (Å²) in [6, 6.07) is 6.72. The number of rotatable bonds is 6. The topological polar surface area (TPSA) is 55.4 Å². The Morgan fingerprint density at radius 2 is 1.84 bits per heavy atom. The fourth-order valence-electron chi connectivity index (χ4n) is 1.37. The number of unbranched alkanes of at least 4 members (excludes halogenated alkanes) is 1. The number of carbonyl (C=O) groups is 2. The molecule has 0 fully saturated rings. The molecular weight excluding hydrogens is 242 g/mol. The van der Waals surface area contributed by atoms with Crippen LogP contribution in [0.15, 0.2) is 24.3 Å². The van der Waals surface area contributed by atoms with Gasteiger partial charge in [-0.05, 0) is 30.7 Å². The largest absolute Gasteiger partial charge is 0.462 e. The molecule has 0 spiro atoms. The van der Waals surface area contributed by atoms with Gasteiger partial charge in [-0.25, -0.2) is 4.79 Å². The molecule has 0 aliphatic heterocycles. The van der Waals surface area contributed by atoms with Crippen LogP contribution in [0.1, 0.15) is 44.0 Å². The highest BCUT2D eigenvalue weighted by Crippen LogP contribution is 2.12. The summed E-state index contributed by atoms with van der Waals surface area (Å²) in [7, 11) is 0. The number of hydrogen-bond donors (Lipinski definition) is 1. The number of benzene rings is 1. The van der Waals surface area contributed by atoms with E-state index in [-0.39, 0.29) is 17.8 Å². The molecule has 19 heavy (non-hydrogen) atoms. The van der Waals surface area contributed by atoms with Gasteiger partial charge >= 0.3 is 5.97 Å². The Morgan fingerprint density at radius 3 is 2.37 bits per heavy atom. The van der Waals surface area contributed by atoms with Crippen molar-refractivity contribution in [1.29, 1.82) is 0 Å². The van der Waals surface area contributed by atoms with Gasteiger partial charge < -0.3 is 10.1 Å². The second kappa shape index (κ2) is 7.56. The predicted molar refractivity (Wildman–Crippen MR) is 75.1 cm³/mol. The number of anilines is 1. The molecule has 1 N–H and O–H groups in total. The first-order chi connectivity index (χ1) is 9.04. The van der Waals surface area contributed by atoms with Crippen molar-refractivity contribution in [2.75, 3.05) is 11.9 Å². The average molecular weight is 263 g/mol. The normalized spacial score (nSPS) is 10.3. The van der Waals surface area contributed by atoms with Gasteiger partial charge in [-0.15, -0.1) is 0 Å². The van der Waals surface area contributed by atoms with Gasteiger partial charge in [0, 0.05) is 11.6 Å². The standard InChI is InChI=1S/C15H21NO3/c1-4-5-10-19-15(18)12-6-8-13(9-7-12)16-14(17)11(2)3/h6-9,11H,4-5,10H2,1-3H3,(H,16,17). The van der Waals surface area contributed by atoms with Crippen LogP contribution in [0, 0.1) is 5.92 Å². The minimum atomic E-state index is -0.324. The molecule has 0 aliphatic rings. The third-order valence-electron chi connectivity index (χ3n) is 2.64. The molecular formula is C15H21NO3. The van der Waals surface area contributed by atoms with E-state index in [9.17, 15) is 9.59 Å². The Kier molecular flexibility index (Phi) is 6.06. The fourth-order valence-corrected chi connectivity index (χ4v) is 1.37. The Balaban J connectivity index is 2.56. The van der Waals surface area contributed by atoms with Gasteiger partial charge in [-0.1, -0.05) is 27.2 Å². The lowest BCUT2D eigenvalue weighted by molar-refractivity contribution is -0.118. The van der Waals surface area contributed by atoms with Crippen molar-refractivity contribution in [3.63, 3.8) is 0 Å². The summed E-state index contributed by atoms with van der Waals surface area (Å²) in [5.41, 5.74) is 1.18. The molecule has 0 saturated heterocycles. The molecule has 0 saturated carbocycles. The summed E-state index contributed by atoms with van der Waals surface area (Å²) in [5, 5.41) is 2.77. The van der Waals surface area contributed by atoms with Crippen LogP contribution in [0.25, 0.3) is 0 Å². The number of ether oxygens (including phenoxy) is 1. The minimum Gasteiger partial charge on any atom is -0.462 e. The van der Waals surface area contributed by atoms with Crippen LogP contribution in [0.3, 0.4) is 0 Å². The van der Waals surface area contributed by atoms with Gasteiger partial charge in [-0.2, -0.15) is 0 Å². The fraction of sp³-hybridized carbons (Fsp3) is 0.467. The van der Waals surface area contributed by atoms with E-state index < -0.39 is 0 Å². The van der Waals surface area contributed by atoms with Crippen LogP contribution in [-0.2, 0) is 9.53 Å². The third kappa shape index (κ3) is 5.12. The maximum Gasteiger partial charge on any atom is 0.338 e. The molecule has 0 heterocycles. The summed E-state index contributed by atoms with van der Waals surface area (Å²) >= 11 is 0. The van der Waals surface area contributed by atoms with Crippen LogP contribution in [0.5, 0.6) is 0 Å². The van der Waals surface area contributed by atoms with Crippen LogP contribution >= 0.6 is 0 Å². The number of nitrogens with one attached hydrogen (secondary N) is 1. The van der Waals surface area contributed by atoms with Gasteiger partial charge in [-0.3, -0.25) is 4.79 Å². The second-order valence-electron chi connectivity index (χ2n) is 4.71. The molecule has 0 atom stereocenters. The Hall–Kier alpha value is -1.84. The van der Waals surface area contributed by atoms with Crippen LogP contribution in [0.2, 0.25) is 0 Å². The highest BCUT2D eigenvalue weighted by atomic mass is 16.5. The molecule has 0 unspecified atom stereocenters. The zero-order valence-electron chi connectivity index (χ0n) is 11.7. The number of carbonyl (C=O) groups excluding carboxylic acids is 2. The quantitative estimate of drug-likeness (QED) is 0.633. The van der Waals surface area contributed by atoms with Crippen molar-refractivity contribution in [3.05, 3.63) is 29.8 Å². The number of esters is 1. The highest BCUT2D eigenvalue weighted by molar-refractivity contribution is 5.93. The SMILES string of the molecule is CCCCOC(=O)c1ccc(NC(=O)C(C)C)cc1. The number of amides is 1. The van der Waals surface area contributed by atoms with Crippen molar-refractivity contribution in [1.82, 2.24) is 0 Å². The first-order valence-electron chi connectivity index (χ1n) is 6.62. The van der Waals surface area contributed by atoms with Crippen molar-refractivity contribution in [2.45, 2.75) is 33.6 Å². The molecule has 1 aromatic rings. The van der Waals surface area contributed by atoms with Crippen LogP contribution in [0.4, 0.5) is 5.69 Å². The monoisotopic (exact) mass is 263 g/mol. The third-order valence-corrected chi connectivity index (χ3v) is 2.64. The van der Waals surface area contributed by atoms with E-state index in [1.54, 1.807) is 24.3 Å². The molecule has 0 bridgehead atoms. The smallest absolute Gasteiger partial charge is 0.338 e. The zero-order chi connectivity index (χ0) is 14.3. The molecule has 0 radical (unpaired) electrons. The van der Waals surface area contributed by atoms with Crippen molar-refractivity contribution < 1.29 is 14.3 Å². The summed E-state index contributed by atoms with van der Waals surface area (Å²) < 4.78 is 5.10. The summed E-state index contributed by atoms with van der Waals surface area (Å²) in [4.78, 5) is 23.2. The molecule has 0 aromatic heterocycles. The van der Waals surface area contributed by atoms with Crippen molar-refractivity contribution in [2.24, 2.45) is 5.92 Å². The van der Waals surface area contributed by atoms with E-state index in [1.165, 1.54) is 0 Å². The molecule has 0 aliphatic carbocycles. The van der Waals surface area contributed by atoms with E-state index in [4.69, 9.17) is 4.74 Å². The summed E-state index contributed by atoms with van der Waals surface area (Å²) in [6.07, 6.45) is 1.86. The molecule has 4 heteroatoms. The van der Waals surface area contributed by atoms with E-state index >= 15 is 0 Å². The van der Waals surface area contributed by atoms with Gasteiger partial charge in [0.2, 0.25) is 5.91 Å². The number of hydrogen-bond acceptors (Lipinski definition) is 3. The molecule has 104 valence electrons. The highest BCUT2D eigenvalue weighted by Gasteiger charge is 2.09. The second-order valence-corrected chi connectivity index (χ2v) is 4.71. The lowest BCUT2D eigenvalue weighted by atomic mass is 10.2. The summed E-state index contributed by atoms with van der Waals surface area (Å²) in [5.74, 6) is -0.438. The first kappa shape index (κ1) is 15.2. The molecule has 1 amide bonds. The van der Waals surface area contributed by atoms with Gasteiger partial charge in [0.25, 0.3) is 0 Å². The maximum atomic E-state index is 11.7. The lowest BCUT2D eigenvalue weighted by Gasteiger charge is -2.08. The van der Waals surface area contributed by atoms with Crippen LogP contribution < -0.4 is 5.32 Å². The summed E-state index contributed by atoms with van der Waals surface area (Å²) in [6.45, 7) is 6.14. The van der Waals surface area contributed by atoms with E-state index in [0.29, 0.717) is 17.9 Å². The van der Waals surface area contributed by atoms with E-state index in [2.05, 4.69) is 5.32 Å². The predicted octanol–water partition coefficient (Wildman–Crippen LogP) is 3.24. The van der Waals surface area contributed by atoms with Gasteiger partial charge in [0.15, 0.2) is 0 Å². The van der Waals surface area contributed by atoms with Gasteiger partial charge in [0.1, 0.15) is 0 Å². The Labute approximate surface area is 114 Å². The Morgan fingerprint density at radius 1 is 1.21 bits per heavy atom. The Bertz CT molecular complexity index is 424. The zero-order valence-corrected chi connectivity index (χ0v) is 11.7. The average Bonchev–Trinajstić information content (AvgIpc) is 2.39. The van der Waals surface area contributed by atoms with E-state index in [0.717, 1.165) is 12.8 Å². The van der Waals surface area contributed by atoms with Crippen molar-refractivity contribution >= 4 is 17.6 Å². The maximum absolute atomic E-state index is 11.7. The van der Waals surface area contributed by atoms with Crippen molar-refractivity contribution in [3.8, 4) is 0 Å². The molecule has 1 aromatic carbocycles. The minimum absolute atomic E-state index is 0.0433. The van der Waals surface area contributed by atoms with Crippen LogP contribution in [-0.4, -0.2) is 18.5 Å². The van der Waals surface area contributed by atoms with E-state index in [1.807, 2.05) is 20.8 Å².